The summed E-state index contributed by atoms with van der Waals surface area (Å²) in [4.78, 5) is 0. The van der Waals surface area contributed by atoms with E-state index in [1.807, 2.05) is 6.92 Å². The normalized spacial score (nSPS) is 15.1. The molecule has 0 heterocycles. The van der Waals surface area contributed by atoms with E-state index < -0.39 is 0 Å². The molecular weight excluding hydrogens is 90.1 g/mol. The lowest BCUT2D eigenvalue weighted by Gasteiger charge is -1.93. The maximum atomic E-state index is 7.91. The number of hydrogen-bond acceptors (Lipinski definition) is 2. The first kappa shape index (κ1) is 6.47. The second-order valence-electron chi connectivity index (χ2n) is 1.53. The maximum Gasteiger partial charge on any atom is 0.0464 e. The van der Waals surface area contributed by atoms with Crippen molar-refractivity contribution in [1.29, 1.82) is 0 Å². The van der Waals surface area contributed by atoms with Crippen molar-refractivity contribution in [2.75, 3.05) is 0 Å². The highest BCUT2D eigenvalue weighted by Gasteiger charge is 1.88. The molecule has 0 aromatic carbocycles. The first-order valence-corrected chi connectivity index (χ1v) is 2.28. The molecule has 2 nitrogen and oxygen atoms in total. The molecule has 1 atom stereocenters. The average Bonchev–Trinajstić information content (AvgIpc) is 1.68. The zero-order valence-corrected chi connectivity index (χ0v) is 4.46. The SMILES string of the molecule is [CH2]CC(C)/C=N\O. The molecule has 1 unspecified atom stereocenters. The molecular formula is C5H10NO. The van der Waals surface area contributed by atoms with E-state index in [4.69, 9.17) is 5.21 Å². The number of rotatable bonds is 2. The highest BCUT2D eigenvalue weighted by atomic mass is 16.4. The van der Waals surface area contributed by atoms with Crippen molar-refractivity contribution in [3.63, 3.8) is 0 Å². The highest BCUT2D eigenvalue weighted by molar-refractivity contribution is 5.59. The Morgan fingerprint density at radius 2 is 2.57 bits per heavy atom. The largest absolute Gasteiger partial charge is 0.411 e. The summed E-state index contributed by atoms with van der Waals surface area (Å²) in [5, 5.41) is 10.8. The van der Waals surface area contributed by atoms with Crippen LogP contribution in [0.1, 0.15) is 13.3 Å². The van der Waals surface area contributed by atoms with Crippen LogP contribution in [0.15, 0.2) is 5.16 Å². The first-order chi connectivity index (χ1) is 3.31. The molecule has 0 aliphatic rings. The number of hydrogen-bond donors (Lipinski definition) is 1. The molecule has 1 N–H and O–H groups in total. The molecule has 0 aromatic rings. The lowest BCUT2D eigenvalue weighted by Crippen LogP contribution is -1.91. The Kier molecular flexibility index (Phi) is 3.38. The summed E-state index contributed by atoms with van der Waals surface area (Å²) in [6.07, 6.45) is 2.25. The van der Waals surface area contributed by atoms with Gasteiger partial charge in [-0.05, 0) is 12.3 Å². The molecule has 0 aromatic heterocycles. The lowest BCUT2D eigenvalue weighted by molar-refractivity contribution is 0.318. The summed E-state index contributed by atoms with van der Waals surface area (Å²) in [6, 6.07) is 0. The van der Waals surface area contributed by atoms with Gasteiger partial charge in [-0.3, -0.25) is 0 Å². The van der Waals surface area contributed by atoms with Crippen molar-refractivity contribution in [2.24, 2.45) is 11.1 Å². The van der Waals surface area contributed by atoms with Crippen LogP contribution in [0.4, 0.5) is 0 Å². The Hall–Kier alpha value is -0.530. The molecule has 0 rings (SSSR count). The van der Waals surface area contributed by atoms with Gasteiger partial charge in [0.15, 0.2) is 0 Å². The Morgan fingerprint density at radius 1 is 2.00 bits per heavy atom. The summed E-state index contributed by atoms with van der Waals surface area (Å²) in [5.74, 6) is 0.296. The van der Waals surface area contributed by atoms with E-state index in [-0.39, 0.29) is 0 Å². The van der Waals surface area contributed by atoms with Crippen LogP contribution >= 0.6 is 0 Å². The van der Waals surface area contributed by atoms with Gasteiger partial charge >= 0.3 is 0 Å². The fourth-order valence-electron chi connectivity index (χ4n) is 0.188. The zero-order chi connectivity index (χ0) is 5.70. The topological polar surface area (TPSA) is 32.6 Å². The highest BCUT2D eigenvalue weighted by Crippen LogP contribution is 1.93. The molecule has 0 aliphatic heterocycles. The molecule has 0 amide bonds. The van der Waals surface area contributed by atoms with Gasteiger partial charge in [0.2, 0.25) is 0 Å². The third kappa shape index (κ3) is 3.30. The smallest absolute Gasteiger partial charge is 0.0464 e. The van der Waals surface area contributed by atoms with Gasteiger partial charge in [-0.2, -0.15) is 0 Å². The van der Waals surface area contributed by atoms with E-state index in [0.29, 0.717) is 5.92 Å². The van der Waals surface area contributed by atoms with Gasteiger partial charge in [-0.25, -0.2) is 0 Å². The lowest BCUT2D eigenvalue weighted by atomic mass is 10.1. The van der Waals surface area contributed by atoms with E-state index >= 15 is 0 Å². The maximum absolute atomic E-state index is 7.91. The molecule has 0 bridgehead atoms. The monoisotopic (exact) mass is 100 g/mol. The van der Waals surface area contributed by atoms with E-state index in [1.165, 1.54) is 6.21 Å². The summed E-state index contributed by atoms with van der Waals surface area (Å²) < 4.78 is 0. The van der Waals surface area contributed by atoms with Crippen LogP contribution in [-0.4, -0.2) is 11.4 Å². The summed E-state index contributed by atoms with van der Waals surface area (Å²) in [7, 11) is 0. The fraction of sp³-hybridized carbons (Fsp3) is 0.600. The van der Waals surface area contributed by atoms with E-state index in [0.717, 1.165) is 6.42 Å². The predicted molar refractivity (Wildman–Crippen MR) is 29.4 cm³/mol. The summed E-state index contributed by atoms with van der Waals surface area (Å²) in [5.41, 5.74) is 0. The van der Waals surface area contributed by atoms with E-state index in [2.05, 4.69) is 12.1 Å². The first-order valence-electron chi connectivity index (χ1n) is 2.28. The van der Waals surface area contributed by atoms with Crippen molar-refractivity contribution in [3.8, 4) is 0 Å². The third-order valence-corrected chi connectivity index (χ3v) is 0.776. The van der Waals surface area contributed by atoms with Gasteiger partial charge in [0.1, 0.15) is 0 Å². The van der Waals surface area contributed by atoms with Crippen LogP contribution in [0.2, 0.25) is 0 Å². The van der Waals surface area contributed by atoms with Crippen molar-refractivity contribution < 1.29 is 5.21 Å². The average molecular weight is 100 g/mol. The minimum Gasteiger partial charge on any atom is -0.411 e. The Bertz CT molecular complexity index is 61.1. The van der Waals surface area contributed by atoms with Gasteiger partial charge in [0.25, 0.3) is 0 Å². The molecule has 0 spiro atoms. The molecule has 0 saturated heterocycles. The van der Waals surface area contributed by atoms with Crippen LogP contribution in [0.5, 0.6) is 0 Å². The quantitative estimate of drug-likeness (QED) is 0.316. The molecule has 7 heavy (non-hydrogen) atoms. The standard InChI is InChI=1S/C5H10NO/c1-3-5(2)4-6-7/h4-5,7H,1,3H2,2H3/b6-4-. The molecule has 1 radical (unpaired) electrons. The van der Waals surface area contributed by atoms with Crippen molar-refractivity contribution in [3.05, 3.63) is 6.92 Å². The zero-order valence-electron chi connectivity index (χ0n) is 4.46. The minimum atomic E-state index is 0.296. The van der Waals surface area contributed by atoms with Crippen LogP contribution in [-0.2, 0) is 0 Å². The summed E-state index contributed by atoms with van der Waals surface area (Å²) >= 11 is 0. The molecule has 0 aliphatic carbocycles. The van der Waals surface area contributed by atoms with Gasteiger partial charge in [0.05, 0.1) is 0 Å². The van der Waals surface area contributed by atoms with Crippen molar-refractivity contribution >= 4 is 6.21 Å². The van der Waals surface area contributed by atoms with Crippen LogP contribution in [0.3, 0.4) is 0 Å². The van der Waals surface area contributed by atoms with Gasteiger partial charge in [-0.15, -0.1) is 5.16 Å². The number of oxime groups is 1. The Balaban J connectivity index is 3.16. The van der Waals surface area contributed by atoms with E-state index in [9.17, 15) is 0 Å². The fourth-order valence-corrected chi connectivity index (χ4v) is 0.188. The van der Waals surface area contributed by atoms with Gasteiger partial charge in [-0.1, -0.05) is 13.8 Å². The van der Waals surface area contributed by atoms with Crippen molar-refractivity contribution in [1.82, 2.24) is 0 Å². The Labute approximate surface area is 43.8 Å². The second-order valence-corrected chi connectivity index (χ2v) is 1.53. The summed E-state index contributed by atoms with van der Waals surface area (Å²) in [6.45, 7) is 5.54. The number of nitrogens with zero attached hydrogens (tertiary/aromatic N) is 1. The van der Waals surface area contributed by atoms with Crippen LogP contribution < -0.4 is 0 Å². The van der Waals surface area contributed by atoms with Crippen molar-refractivity contribution in [2.45, 2.75) is 13.3 Å². The predicted octanol–water partition coefficient (Wildman–Crippen LogP) is 1.31. The molecule has 41 valence electrons. The van der Waals surface area contributed by atoms with Gasteiger partial charge in [0, 0.05) is 6.21 Å². The molecule has 0 saturated carbocycles. The Morgan fingerprint density at radius 3 is 2.71 bits per heavy atom. The van der Waals surface area contributed by atoms with Crippen LogP contribution in [0.25, 0.3) is 0 Å². The second kappa shape index (κ2) is 3.65. The van der Waals surface area contributed by atoms with Gasteiger partial charge < -0.3 is 5.21 Å². The molecule has 2 heteroatoms. The minimum absolute atomic E-state index is 0.296. The molecule has 0 fully saturated rings. The van der Waals surface area contributed by atoms with E-state index in [1.54, 1.807) is 0 Å². The van der Waals surface area contributed by atoms with Crippen LogP contribution in [0, 0.1) is 12.8 Å². The third-order valence-electron chi connectivity index (χ3n) is 0.776.